The number of hydrogen-bond donors (Lipinski definition) is 1. The molecule has 0 saturated carbocycles. The summed E-state index contributed by atoms with van der Waals surface area (Å²) >= 11 is 0. The van der Waals surface area contributed by atoms with Gasteiger partial charge in [0.2, 0.25) is 15.9 Å². The van der Waals surface area contributed by atoms with E-state index in [1.54, 1.807) is 31.2 Å². The lowest BCUT2D eigenvalue weighted by atomic mass is 10.1. The number of nitrogens with zero attached hydrogens (tertiary/aromatic N) is 1. The van der Waals surface area contributed by atoms with Gasteiger partial charge in [0.25, 0.3) is 0 Å². The predicted octanol–water partition coefficient (Wildman–Crippen LogP) is 4.94. The number of hydrogen-bond acceptors (Lipinski definition) is 5. The first-order valence-electron chi connectivity index (χ1n) is 9.43. The summed E-state index contributed by atoms with van der Waals surface area (Å²) < 4.78 is 48.8. The Morgan fingerprint density at radius 2 is 1.58 bits per heavy atom. The van der Waals surface area contributed by atoms with E-state index >= 15 is 0 Å². The molecule has 0 fully saturated rings. The largest absolute Gasteiger partial charge is 0.478 e. The molecule has 1 unspecified atom stereocenters. The Kier molecular flexibility index (Phi) is 5.58. The highest BCUT2D eigenvalue weighted by atomic mass is 32.2. The summed E-state index contributed by atoms with van der Waals surface area (Å²) in [6.07, 6.45) is -0.670. The van der Waals surface area contributed by atoms with E-state index in [0.29, 0.717) is 17.0 Å². The Labute approximate surface area is 179 Å². The van der Waals surface area contributed by atoms with Crippen LogP contribution in [0.2, 0.25) is 0 Å². The third-order valence-electron chi connectivity index (χ3n) is 4.62. The number of halogens is 1. The predicted molar refractivity (Wildman–Crippen MR) is 114 cm³/mol. The molecule has 0 aliphatic rings. The van der Waals surface area contributed by atoms with Crippen molar-refractivity contribution in [3.05, 3.63) is 90.6 Å². The normalized spacial score (nSPS) is 12.5. The fourth-order valence-electron chi connectivity index (χ4n) is 3.08. The van der Waals surface area contributed by atoms with Crippen molar-refractivity contribution in [3.8, 4) is 28.3 Å². The van der Waals surface area contributed by atoms with Gasteiger partial charge in [-0.15, -0.1) is 0 Å². The van der Waals surface area contributed by atoms with Gasteiger partial charge in [-0.25, -0.2) is 22.9 Å². The molecule has 4 rings (SSSR count). The molecule has 6 nitrogen and oxygen atoms in total. The maximum absolute atomic E-state index is 14.0. The molecule has 8 heteroatoms. The molecule has 1 atom stereocenters. The number of ether oxygens (including phenoxy) is 1. The molecule has 1 aromatic heterocycles. The standard InChI is InChI=1S/C23H19FN2O4S/c1-15(29-20-10-6-5-9-19(20)24)23-26-21(16-7-3-2-4-8-16)22(30-23)17-11-13-18(14-12-17)31(25,27)28/h2-15H,1H3,(H2,25,27,28). The van der Waals surface area contributed by atoms with Crippen LogP contribution in [0.3, 0.4) is 0 Å². The lowest BCUT2D eigenvalue weighted by molar-refractivity contribution is 0.182. The second kappa shape index (κ2) is 8.33. The fourth-order valence-corrected chi connectivity index (χ4v) is 3.59. The van der Waals surface area contributed by atoms with Crippen LogP contribution in [-0.2, 0) is 10.0 Å². The zero-order valence-electron chi connectivity index (χ0n) is 16.5. The minimum absolute atomic E-state index is 0.00601. The molecule has 0 radical (unpaired) electrons. The van der Waals surface area contributed by atoms with Crippen LogP contribution >= 0.6 is 0 Å². The summed E-state index contributed by atoms with van der Waals surface area (Å²) in [6, 6.07) is 21.5. The van der Waals surface area contributed by atoms with Gasteiger partial charge in [0.1, 0.15) is 5.69 Å². The maximum Gasteiger partial charge on any atom is 0.238 e. The molecule has 0 aliphatic heterocycles. The number of benzene rings is 3. The van der Waals surface area contributed by atoms with E-state index in [1.165, 1.54) is 24.3 Å². The topological polar surface area (TPSA) is 95.4 Å². The van der Waals surface area contributed by atoms with Gasteiger partial charge in [0, 0.05) is 11.1 Å². The Hall–Kier alpha value is -3.49. The lowest BCUT2D eigenvalue weighted by Gasteiger charge is -2.11. The van der Waals surface area contributed by atoms with Crippen molar-refractivity contribution in [2.75, 3.05) is 0 Å². The van der Waals surface area contributed by atoms with Crippen molar-refractivity contribution in [2.24, 2.45) is 5.14 Å². The summed E-state index contributed by atoms with van der Waals surface area (Å²) in [7, 11) is -3.81. The molecule has 3 aromatic carbocycles. The van der Waals surface area contributed by atoms with E-state index < -0.39 is 21.9 Å². The first-order valence-corrected chi connectivity index (χ1v) is 11.0. The van der Waals surface area contributed by atoms with Gasteiger partial charge in [0.05, 0.1) is 4.90 Å². The van der Waals surface area contributed by atoms with Gasteiger partial charge in [-0.1, -0.05) is 42.5 Å². The number of rotatable bonds is 6. The van der Waals surface area contributed by atoms with Gasteiger partial charge in [-0.3, -0.25) is 0 Å². The molecular formula is C23H19FN2O4S. The molecule has 158 valence electrons. The van der Waals surface area contributed by atoms with E-state index in [0.717, 1.165) is 5.56 Å². The van der Waals surface area contributed by atoms with Gasteiger partial charge in [-0.05, 0) is 43.3 Å². The van der Waals surface area contributed by atoms with E-state index in [1.807, 2.05) is 30.3 Å². The first kappa shape index (κ1) is 20.8. The highest BCUT2D eigenvalue weighted by Gasteiger charge is 2.22. The number of para-hydroxylation sites is 1. The number of aromatic nitrogens is 1. The maximum atomic E-state index is 14.0. The first-order chi connectivity index (χ1) is 14.8. The smallest absolute Gasteiger partial charge is 0.238 e. The van der Waals surface area contributed by atoms with Crippen LogP contribution in [0.25, 0.3) is 22.6 Å². The number of oxazole rings is 1. The van der Waals surface area contributed by atoms with Crippen molar-refractivity contribution >= 4 is 10.0 Å². The lowest BCUT2D eigenvalue weighted by Crippen LogP contribution is -2.11. The molecule has 31 heavy (non-hydrogen) atoms. The monoisotopic (exact) mass is 438 g/mol. The van der Waals surface area contributed by atoms with Gasteiger partial charge < -0.3 is 9.15 Å². The van der Waals surface area contributed by atoms with Crippen molar-refractivity contribution in [1.82, 2.24) is 4.98 Å². The van der Waals surface area contributed by atoms with Crippen molar-refractivity contribution in [1.29, 1.82) is 0 Å². The van der Waals surface area contributed by atoms with Crippen molar-refractivity contribution in [3.63, 3.8) is 0 Å². The molecule has 4 aromatic rings. The summed E-state index contributed by atoms with van der Waals surface area (Å²) in [5.74, 6) is 0.301. The van der Waals surface area contributed by atoms with Crippen molar-refractivity contribution in [2.45, 2.75) is 17.9 Å². The van der Waals surface area contributed by atoms with Gasteiger partial charge in [-0.2, -0.15) is 0 Å². The molecule has 0 spiro atoms. The van der Waals surface area contributed by atoms with Crippen molar-refractivity contribution < 1.29 is 22.0 Å². The van der Waals surface area contributed by atoms with E-state index in [9.17, 15) is 12.8 Å². The molecule has 2 N–H and O–H groups in total. The fraction of sp³-hybridized carbons (Fsp3) is 0.0870. The van der Waals surface area contributed by atoms with E-state index in [-0.39, 0.29) is 16.5 Å². The molecule has 0 amide bonds. The molecule has 0 bridgehead atoms. The second-order valence-electron chi connectivity index (χ2n) is 6.86. The zero-order chi connectivity index (χ0) is 22.0. The SMILES string of the molecule is CC(Oc1ccccc1F)c1nc(-c2ccccc2)c(-c2ccc(S(N)(=O)=O)cc2)o1. The molecule has 1 heterocycles. The highest BCUT2D eigenvalue weighted by Crippen LogP contribution is 2.35. The number of primary sulfonamides is 1. The van der Waals surface area contributed by atoms with Crippen LogP contribution in [0.1, 0.15) is 18.9 Å². The van der Waals surface area contributed by atoms with Crippen LogP contribution in [-0.4, -0.2) is 13.4 Å². The molecule has 0 aliphatic carbocycles. The average molecular weight is 438 g/mol. The van der Waals surface area contributed by atoms with E-state index in [4.69, 9.17) is 14.3 Å². The summed E-state index contributed by atoms with van der Waals surface area (Å²) in [5, 5.41) is 5.19. The minimum atomic E-state index is -3.81. The summed E-state index contributed by atoms with van der Waals surface area (Å²) in [5.41, 5.74) is 1.98. The average Bonchev–Trinajstić information content (AvgIpc) is 3.21. The van der Waals surface area contributed by atoms with E-state index in [2.05, 4.69) is 4.98 Å². The second-order valence-corrected chi connectivity index (χ2v) is 8.42. The summed E-state index contributed by atoms with van der Waals surface area (Å²) in [6.45, 7) is 1.71. The Morgan fingerprint density at radius 3 is 2.23 bits per heavy atom. The molecular weight excluding hydrogens is 419 g/mol. The summed E-state index contributed by atoms with van der Waals surface area (Å²) in [4.78, 5) is 4.59. The van der Waals surface area contributed by atoms with Crippen LogP contribution in [0.15, 0.2) is 88.2 Å². The van der Waals surface area contributed by atoms with Crippen LogP contribution in [0.5, 0.6) is 5.75 Å². The third-order valence-corrected chi connectivity index (χ3v) is 5.55. The number of sulfonamides is 1. The third kappa shape index (κ3) is 4.50. The Bertz CT molecular complexity index is 1300. The minimum Gasteiger partial charge on any atom is -0.478 e. The van der Waals surface area contributed by atoms with Gasteiger partial charge in [0.15, 0.2) is 23.4 Å². The zero-order valence-corrected chi connectivity index (χ0v) is 17.3. The Morgan fingerprint density at radius 1 is 0.935 bits per heavy atom. The quantitative estimate of drug-likeness (QED) is 0.460. The number of nitrogens with two attached hydrogens (primary N) is 1. The van der Waals surface area contributed by atoms with Gasteiger partial charge >= 0.3 is 0 Å². The highest BCUT2D eigenvalue weighted by molar-refractivity contribution is 7.89. The van der Waals surface area contributed by atoms with Crippen LogP contribution in [0, 0.1) is 5.82 Å². The van der Waals surface area contributed by atoms with Crippen LogP contribution < -0.4 is 9.88 Å². The molecule has 0 saturated heterocycles. The Balaban J connectivity index is 1.75. The van der Waals surface area contributed by atoms with Crippen LogP contribution in [0.4, 0.5) is 4.39 Å².